The third-order valence-electron chi connectivity index (χ3n) is 3.99. The fourth-order valence-corrected chi connectivity index (χ4v) is 3.60. The van der Waals surface area contributed by atoms with Gasteiger partial charge in [-0.15, -0.1) is 0 Å². The first-order chi connectivity index (χ1) is 10.2. The highest BCUT2D eigenvalue weighted by Crippen LogP contribution is 2.25. The maximum absolute atomic E-state index is 12.5. The Balaban J connectivity index is 2.89. The van der Waals surface area contributed by atoms with Gasteiger partial charge in [-0.05, 0) is 30.5 Å². The lowest BCUT2D eigenvalue weighted by Gasteiger charge is -2.32. The van der Waals surface area contributed by atoms with Crippen molar-refractivity contribution in [3.8, 4) is 6.07 Å². The number of halogens is 1. The van der Waals surface area contributed by atoms with Gasteiger partial charge in [0.1, 0.15) is 0 Å². The predicted molar refractivity (Wildman–Crippen MR) is 88.9 cm³/mol. The molecule has 0 N–H and O–H groups in total. The molecule has 22 heavy (non-hydrogen) atoms. The first kappa shape index (κ1) is 18.9. The summed E-state index contributed by atoms with van der Waals surface area (Å²) in [6, 6.07) is 9.14. The standard InChI is InChI=1S/C15H22ClN3O2S/c1-12(14-6-8-15(16)9-7-14)13(2)19(4)22(20,21)18(3)11-5-10-17/h6-9,12-13H,5,11H2,1-4H3/t12-,13+/m1/s1. The lowest BCUT2D eigenvalue weighted by Crippen LogP contribution is -2.45. The summed E-state index contributed by atoms with van der Waals surface area (Å²) >= 11 is 5.88. The Morgan fingerprint density at radius 3 is 2.27 bits per heavy atom. The highest BCUT2D eigenvalue weighted by molar-refractivity contribution is 7.86. The summed E-state index contributed by atoms with van der Waals surface area (Å²) in [6.45, 7) is 4.04. The third kappa shape index (κ3) is 4.43. The number of benzene rings is 1. The quantitative estimate of drug-likeness (QED) is 0.764. The van der Waals surface area contributed by atoms with E-state index in [4.69, 9.17) is 16.9 Å². The number of hydrogen-bond donors (Lipinski definition) is 0. The molecule has 0 spiro atoms. The molecule has 0 aliphatic rings. The highest BCUT2D eigenvalue weighted by Gasteiger charge is 2.30. The van der Waals surface area contributed by atoms with Crippen LogP contribution in [-0.2, 0) is 10.2 Å². The van der Waals surface area contributed by atoms with Crippen molar-refractivity contribution >= 4 is 21.8 Å². The molecule has 7 heteroatoms. The van der Waals surface area contributed by atoms with Crippen molar-refractivity contribution < 1.29 is 8.42 Å². The van der Waals surface area contributed by atoms with Crippen molar-refractivity contribution in [1.29, 1.82) is 5.26 Å². The lowest BCUT2D eigenvalue weighted by atomic mass is 9.95. The van der Waals surface area contributed by atoms with Gasteiger partial charge in [0.15, 0.2) is 0 Å². The zero-order valence-electron chi connectivity index (χ0n) is 13.3. The van der Waals surface area contributed by atoms with Gasteiger partial charge >= 0.3 is 0 Å². The van der Waals surface area contributed by atoms with Gasteiger partial charge in [-0.3, -0.25) is 0 Å². The summed E-state index contributed by atoms with van der Waals surface area (Å²) in [5.74, 6) is 0.0152. The molecule has 0 aromatic heterocycles. The molecule has 0 unspecified atom stereocenters. The summed E-state index contributed by atoms with van der Waals surface area (Å²) in [5.41, 5.74) is 1.03. The van der Waals surface area contributed by atoms with Gasteiger partial charge < -0.3 is 0 Å². The monoisotopic (exact) mass is 343 g/mol. The van der Waals surface area contributed by atoms with Crippen LogP contribution in [0.4, 0.5) is 0 Å². The summed E-state index contributed by atoms with van der Waals surface area (Å²) in [4.78, 5) is 0. The minimum Gasteiger partial charge on any atom is -0.198 e. The zero-order valence-corrected chi connectivity index (χ0v) is 14.9. The van der Waals surface area contributed by atoms with E-state index in [0.29, 0.717) is 5.02 Å². The van der Waals surface area contributed by atoms with Gasteiger partial charge in [0.2, 0.25) is 0 Å². The lowest BCUT2D eigenvalue weighted by molar-refractivity contribution is 0.319. The van der Waals surface area contributed by atoms with Gasteiger partial charge in [-0.1, -0.05) is 30.7 Å². The van der Waals surface area contributed by atoms with E-state index in [2.05, 4.69) is 0 Å². The van der Waals surface area contributed by atoms with Crippen LogP contribution in [-0.4, -0.2) is 43.7 Å². The van der Waals surface area contributed by atoms with Gasteiger partial charge in [0, 0.05) is 38.1 Å². The molecule has 0 amide bonds. The van der Waals surface area contributed by atoms with Crippen LogP contribution in [0.25, 0.3) is 0 Å². The minimum atomic E-state index is -3.58. The average molecular weight is 344 g/mol. The molecule has 0 radical (unpaired) electrons. The van der Waals surface area contributed by atoms with E-state index in [-0.39, 0.29) is 24.9 Å². The molecule has 0 bridgehead atoms. The number of rotatable bonds is 7. The Morgan fingerprint density at radius 1 is 1.23 bits per heavy atom. The molecule has 0 aliphatic heterocycles. The Kier molecular flexibility index (Phi) is 6.82. The van der Waals surface area contributed by atoms with E-state index >= 15 is 0 Å². The van der Waals surface area contributed by atoms with Gasteiger partial charge in [-0.2, -0.15) is 22.3 Å². The molecule has 0 saturated carbocycles. The summed E-state index contributed by atoms with van der Waals surface area (Å²) in [7, 11) is -0.528. The van der Waals surface area contributed by atoms with Crippen LogP contribution in [0.5, 0.6) is 0 Å². The highest BCUT2D eigenvalue weighted by atomic mass is 35.5. The molecule has 5 nitrogen and oxygen atoms in total. The van der Waals surface area contributed by atoms with Crippen LogP contribution in [0.3, 0.4) is 0 Å². The molecule has 2 atom stereocenters. The second kappa shape index (κ2) is 7.93. The van der Waals surface area contributed by atoms with Crippen molar-refractivity contribution in [2.75, 3.05) is 20.6 Å². The Bertz CT molecular complexity index is 625. The van der Waals surface area contributed by atoms with Crippen molar-refractivity contribution in [3.05, 3.63) is 34.9 Å². The Morgan fingerprint density at radius 2 is 1.77 bits per heavy atom. The summed E-state index contributed by atoms with van der Waals surface area (Å²) < 4.78 is 27.5. The maximum atomic E-state index is 12.5. The molecule has 0 heterocycles. The molecular formula is C15H22ClN3O2S. The number of nitrogens with zero attached hydrogens (tertiary/aromatic N) is 3. The third-order valence-corrected chi connectivity index (χ3v) is 6.27. The van der Waals surface area contributed by atoms with Gasteiger partial charge in [0.05, 0.1) is 6.07 Å². The van der Waals surface area contributed by atoms with E-state index in [1.54, 1.807) is 19.2 Å². The van der Waals surface area contributed by atoms with E-state index in [0.717, 1.165) is 5.56 Å². The SMILES string of the molecule is C[C@@H](c1ccc(Cl)cc1)[C@H](C)N(C)S(=O)(=O)N(C)CCC#N. The molecule has 0 aliphatic carbocycles. The number of likely N-dealkylation sites (N-methyl/N-ethyl adjacent to an activating group) is 1. The van der Waals surface area contributed by atoms with Crippen LogP contribution in [0, 0.1) is 11.3 Å². The van der Waals surface area contributed by atoms with Gasteiger partial charge in [0.25, 0.3) is 10.2 Å². The van der Waals surface area contributed by atoms with Crippen LogP contribution < -0.4 is 0 Å². The molecule has 1 aromatic carbocycles. The predicted octanol–water partition coefficient (Wildman–Crippen LogP) is 2.85. The van der Waals surface area contributed by atoms with Crippen molar-refractivity contribution in [3.63, 3.8) is 0 Å². The molecule has 0 fully saturated rings. The Hall–Kier alpha value is -1.13. The van der Waals surface area contributed by atoms with Crippen LogP contribution >= 0.6 is 11.6 Å². The average Bonchev–Trinajstić information content (AvgIpc) is 2.50. The second-order valence-corrected chi connectivity index (χ2v) is 7.87. The smallest absolute Gasteiger partial charge is 0.198 e. The maximum Gasteiger partial charge on any atom is 0.281 e. The fourth-order valence-electron chi connectivity index (χ4n) is 2.11. The van der Waals surface area contributed by atoms with E-state index < -0.39 is 10.2 Å². The molecular weight excluding hydrogens is 322 g/mol. The van der Waals surface area contributed by atoms with E-state index in [1.165, 1.54) is 15.7 Å². The van der Waals surface area contributed by atoms with Crippen LogP contribution in [0.15, 0.2) is 24.3 Å². The van der Waals surface area contributed by atoms with Crippen LogP contribution in [0.2, 0.25) is 5.02 Å². The first-order valence-electron chi connectivity index (χ1n) is 7.03. The number of nitriles is 1. The normalized spacial score (nSPS) is 14.8. The summed E-state index contributed by atoms with van der Waals surface area (Å²) in [5, 5.41) is 9.25. The zero-order chi connectivity index (χ0) is 16.9. The van der Waals surface area contributed by atoms with Crippen molar-refractivity contribution in [2.45, 2.75) is 32.2 Å². The van der Waals surface area contributed by atoms with Gasteiger partial charge in [-0.25, -0.2) is 0 Å². The largest absolute Gasteiger partial charge is 0.281 e. The summed E-state index contributed by atoms with van der Waals surface area (Å²) in [6.07, 6.45) is 0.171. The molecule has 1 aromatic rings. The topological polar surface area (TPSA) is 64.4 Å². The Labute approximate surface area is 138 Å². The molecule has 122 valence electrons. The van der Waals surface area contributed by atoms with Crippen LogP contribution in [0.1, 0.15) is 31.7 Å². The fraction of sp³-hybridized carbons (Fsp3) is 0.533. The van der Waals surface area contributed by atoms with Crippen molar-refractivity contribution in [1.82, 2.24) is 8.61 Å². The van der Waals surface area contributed by atoms with E-state index in [1.807, 2.05) is 32.0 Å². The first-order valence-corrected chi connectivity index (χ1v) is 8.81. The minimum absolute atomic E-state index is 0.0152. The number of hydrogen-bond acceptors (Lipinski definition) is 3. The molecule has 1 rings (SSSR count). The van der Waals surface area contributed by atoms with E-state index in [9.17, 15) is 8.42 Å². The second-order valence-electron chi connectivity index (χ2n) is 5.33. The molecule has 0 saturated heterocycles. The van der Waals surface area contributed by atoms with Crippen molar-refractivity contribution in [2.24, 2.45) is 0 Å².